The molecule has 0 N–H and O–H groups in total. The van der Waals surface area contributed by atoms with Crippen molar-refractivity contribution in [2.45, 2.75) is 43.7 Å². The Morgan fingerprint density at radius 3 is 2.38 bits per heavy atom. The van der Waals surface area contributed by atoms with Crippen LogP contribution in [0.5, 0.6) is 0 Å². The molecular formula is C15H18BrN5. The monoisotopic (exact) mass is 347 g/mol. The first kappa shape index (κ1) is 13.2. The van der Waals surface area contributed by atoms with Crippen LogP contribution in [0.4, 0.5) is 5.95 Å². The van der Waals surface area contributed by atoms with Gasteiger partial charge in [-0.2, -0.15) is 5.10 Å². The van der Waals surface area contributed by atoms with Crippen LogP contribution in [-0.4, -0.2) is 31.8 Å². The van der Waals surface area contributed by atoms with Crippen LogP contribution in [-0.2, 0) is 7.05 Å². The molecule has 2 aromatic rings. The Morgan fingerprint density at radius 2 is 1.81 bits per heavy atom. The van der Waals surface area contributed by atoms with Crippen molar-refractivity contribution < 1.29 is 0 Å². The van der Waals surface area contributed by atoms with Crippen molar-refractivity contribution in [3.8, 4) is 0 Å². The number of aromatic nitrogens is 4. The summed E-state index contributed by atoms with van der Waals surface area (Å²) in [4.78, 5) is 11.4. The SMILES string of the molecule is Cn1nccc1C1C[C@H]2CC[C@@H](C1)N2c1ncc(Br)cn1. The Balaban J connectivity index is 1.59. The Kier molecular flexibility index (Phi) is 3.21. The molecule has 2 aliphatic rings. The topological polar surface area (TPSA) is 46.8 Å². The van der Waals surface area contributed by atoms with E-state index in [0.29, 0.717) is 18.0 Å². The zero-order valence-corrected chi connectivity index (χ0v) is 13.6. The number of nitrogens with zero attached hydrogens (tertiary/aromatic N) is 5. The number of rotatable bonds is 2. The predicted octanol–water partition coefficient (Wildman–Crippen LogP) is 2.89. The molecule has 0 amide bonds. The lowest BCUT2D eigenvalue weighted by Crippen LogP contribution is -2.43. The van der Waals surface area contributed by atoms with Crippen LogP contribution in [0.1, 0.15) is 37.3 Å². The molecule has 0 spiro atoms. The zero-order chi connectivity index (χ0) is 14.4. The third-order valence-corrected chi connectivity index (χ3v) is 5.26. The van der Waals surface area contributed by atoms with Gasteiger partial charge in [-0.15, -0.1) is 0 Å². The van der Waals surface area contributed by atoms with E-state index >= 15 is 0 Å². The van der Waals surface area contributed by atoms with Gasteiger partial charge >= 0.3 is 0 Å². The first-order valence-corrected chi connectivity index (χ1v) is 8.25. The van der Waals surface area contributed by atoms with Gasteiger partial charge in [0.15, 0.2) is 0 Å². The fourth-order valence-electron chi connectivity index (χ4n) is 3.97. The van der Waals surface area contributed by atoms with Gasteiger partial charge in [0.05, 0.1) is 4.47 Å². The van der Waals surface area contributed by atoms with Crippen molar-refractivity contribution in [2.75, 3.05) is 4.90 Å². The molecule has 0 radical (unpaired) electrons. The minimum absolute atomic E-state index is 0.560. The van der Waals surface area contributed by atoms with Crippen LogP contribution in [0.3, 0.4) is 0 Å². The van der Waals surface area contributed by atoms with Gasteiger partial charge in [-0.1, -0.05) is 0 Å². The van der Waals surface area contributed by atoms with Crippen LogP contribution in [0.25, 0.3) is 0 Å². The van der Waals surface area contributed by atoms with Gasteiger partial charge in [-0.05, 0) is 47.7 Å². The summed E-state index contributed by atoms with van der Waals surface area (Å²) in [6.07, 6.45) is 10.4. The summed E-state index contributed by atoms with van der Waals surface area (Å²) in [5.74, 6) is 1.50. The molecule has 110 valence electrons. The van der Waals surface area contributed by atoms with E-state index in [4.69, 9.17) is 0 Å². The molecule has 0 aliphatic carbocycles. The smallest absolute Gasteiger partial charge is 0.225 e. The summed E-state index contributed by atoms with van der Waals surface area (Å²) in [6.45, 7) is 0. The van der Waals surface area contributed by atoms with Crippen molar-refractivity contribution in [2.24, 2.45) is 7.05 Å². The summed E-state index contributed by atoms with van der Waals surface area (Å²) in [5.41, 5.74) is 1.36. The molecule has 1 unspecified atom stereocenters. The van der Waals surface area contributed by atoms with Gasteiger partial charge < -0.3 is 4.90 Å². The Bertz CT molecular complexity index is 624. The molecular weight excluding hydrogens is 330 g/mol. The number of aryl methyl sites for hydroxylation is 1. The lowest BCUT2D eigenvalue weighted by Gasteiger charge is -2.39. The second-order valence-electron chi connectivity index (χ2n) is 6.04. The molecule has 0 aromatic carbocycles. The first-order chi connectivity index (χ1) is 10.2. The molecule has 2 aliphatic heterocycles. The molecule has 0 saturated carbocycles. The van der Waals surface area contributed by atoms with Crippen LogP contribution >= 0.6 is 15.9 Å². The van der Waals surface area contributed by atoms with E-state index in [-0.39, 0.29) is 0 Å². The van der Waals surface area contributed by atoms with Crippen LogP contribution in [0, 0.1) is 0 Å². The highest BCUT2D eigenvalue weighted by atomic mass is 79.9. The maximum absolute atomic E-state index is 4.50. The molecule has 5 nitrogen and oxygen atoms in total. The number of fused-ring (bicyclic) bond motifs is 2. The summed E-state index contributed by atoms with van der Waals surface area (Å²) < 4.78 is 2.96. The predicted molar refractivity (Wildman–Crippen MR) is 84.2 cm³/mol. The second kappa shape index (κ2) is 5.09. The second-order valence-corrected chi connectivity index (χ2v) is 6.96. The quantitative estimate of drug-likeness (QED) is 0.837. The summed E-state index contributed by atoms with van der Waals surface area (Å²) in [6, 6.07) is 3.28. The van der Waals surface area contributed by atoms with Crippen molar-refractivity contribution >= 4 is 21.9 Å². The third kappa shape index (κ3) is 2.25. The average molecular weight is 348 g/mol. The number of hydrogen-bond acceptors (Lipinski definition) is 4. The van der Waals surface area contributed by atoms with E-state index in [0.717, 1.165) is 10.4 Å². The molecule has 2 aromatic heterocycles. The summed E-state index contributed by atoms with van der Waals surface area (Å²) in [7, 11) is 2.04. The van der Waals surface area contributed by atoms with Gasteiger partial charge in [0, 0.05) is 49.3 Å². The van der Waals surface area contributed by atoms with E-state index in [1.807, 2.05) is 30.3 Å². The molecule has 2 fully saturated rings. The molecule has 3 atom stereocenters. The van der Waals surface area contributed by atoms with Crippen LogP contribution in [0.15, 0.2) is 29.1 Å². The van der Waals surface area contributed by atoms with E-state index in [1.54, 1.807) is 0 Å². The maximum Gasteiger partial charge on any atom is 0.225 e. The minimum Gasteiger partial charge on any atom is -0.335 e. The minimum atomic E-state index is 0.560. The van der Waals surface area contributed by atoms with Crippen molar-refractivity contribution in [3.63, 3.8) is 0 Å². The summed E-state index contributed by atoms with van der Waals surface area (Å²) in [5, 5.41) is 4.32. The van der Waals surface area contributed by atoms with E-state index in [9.17, 15) is 0 Å². The number of anilines is 1. The van der Waals surface area contributed by atoms with Gasteiger partial charge in [-0.25, -0.2) is 9.97 Å². The number of halogens is 1. The Morgan fingerprint density at radius 1 is 1.14 bits per heavy atom. The maximum atomic E-state index is 4.50. The standard InChI is InChI=1S/C15H18BrN5/c1-20-14(4-5-19-20)10-6-12-2-3-13(7-10)21(12)15-17-8-11(16)9-18-15/h4-5,8-10,12-13H,2-3,6-7H2,1H3/t10?,12-,13+. The molecule has 21 heavy (non-hydrogen) atoms. The van der Waals surface area contributed by atoms with Gasteiger partial charge in [0.25, 0.3) is 0 Å². The lowest BCUT2D eigenvalue weighted by atomic mass is 9.88. The van der Waals surface area contributed by atoms with Crippen LogP contribution < -0.4 is 4.90 Å². The third-order valence-electron chi connectivity index (χ3n) is 4.85. The molecule has 2 saturated heterocycles. The molecule has 4 heterocycles. The van der Waals surface area contributed by atoms with Crippen molar-refractivity contribution in [1.82, 2.24) is 19.7 Å². The van der Waals surface area contributed by atoms with Gasteiger partial charge in [0.2, 0.25) is 5.95 Å². The van der Waals surface area contributed by atoms with E-state index < -0.39 is 0 Å². The highest BCUT2D eigenvalue weighted by Gasteiger charge is 2.42. The largest absolute Gasteiger partial charge is 0.335 e. The van der Waals surface area contributed by atoms with Gasteiger partial charge in [0.1, 0.15) is 0 Å². The molecule has 4 rings (SSSR count). The first-order valence-electron chi connectivity index (χ1n) is 7.46. The van der Waals surface area contributed by atoms with Gasteiger partial charge in [-0.3, -0.25) is 4.68 Å². The summed E-state index contributed by atoms with van der Waals surface area (Å²) >= 11 is 3.41. The molecule has 2 bridgehead atoms. The average Bonchev–Trinajstić information content (AvgIpc) is 3.01. The normalized spacial score (nSPS) is 28.1. The van der Waals surface area contributed by atoms with Crippen molar-refractivity contribution in [1.29, 1.82) is 0 Å². The zero-order valence-electron chi connectivity index (χ0n) is 12.0. The van der Waals surface area contributed by atoms with Crippen molar-refractivity contribution in [3.05, 3.63) is 34.8 Å². The highest BCUT2D eigenvalue weighted by molar-refractivity contribution is 9.10. The Hall–Kier alpha value is -1.43. The van der Waals surface area contributed by atoms with E-state index in [1.165, 1.54) is 31.4 Å². The van der Waals surface area contributed by atoms with E-state index in [2.05, 4.69) is 42.0 Å². The molecule has 6 heteroatoms. The number of piperidine rings is 1. The fraction of sp³-hybridized carbons (Fsp3) is 0.533. The fourth-order valence-corrected chi connectivity index (χ4v) is 4.17. The highest BCUT2D eigenvalue weighted by Crippen LogP contribution is 2.44. The van der Waals surface area contributed by atoms with Crippen LogP contribution in [0.2, 0.25) is 0 Å². The number of hydrogen-bond donors (Lipinski definition) is 0. The lowest BCUT2D eigenvalue weighted by molar-refractivity contribution is 0.395. The Labute approximate surface area is 132 Å².